The van der Waals surface area contributed by atoms with E-state index >= 15 is 0 Å². The van der Waals surface area contributed by atoms with E-state index in [0.29, 0.717) is 0 Å². The van der Waals surface area contributed by atoms with Gasteiger partial charge >= 0.3 is 0 Å². The summed E-state index contributed by atoms with van der Waals surface area (Å²) in [6.45, 7) is 7.77. The fraction of sp³-hybridized carbons (Fsp3) is 1.00. The predicted molar refractivity (Wildman–Crippen MR) is 53.1 cm³/mol. The molecule has 72 valence electrons. The summed E-state index contributed by atoms with van der Waals surface area (Å²) in [6.07, 6.45) is 4.04. The van der Waals surface area contributed by atoms with Crippen LogP contribution in [0.1, 0.15) is 33.1 Å². The molecule has 0 saturated heterocycles. The van der Waals surface area contributed by atoms with Crippen molar-refractivity contribution in [2.24, 2.45) is 11.7 Å². The lowest BCUT2D eigenvalue weighted by molar-refractivity contribution is 0.216. The lowest BCUT2D eigenvalue weighted by atomic mass is 10.1. The normalized spacial score (nSPS) is 30.0. The molecule has 1 rings (SSSR count). The monoisotopic (exact) mass is 170 g/mol. The van der Waals surface area contributed by atoms with Gasteiger partial charge in [-0.1, -0.05) is 13.8 Å². The maximum Gasteiger partial charge on any atom is 0.00982 e. The second-order valence-electron chi connectivity index (χ2n) is 3.79. The fourth-order valence-corrected chi connectivity index (χ4v) is 2.33. The number of hydrogen-bond donors (Lipinski definition) is 1. The van der Waals surface area contributed by atoms with Gasteiger partial charge < -0.3 is 10.6 Å². The van der Waals surface area contributed by atoms with E-state index in [1.807, 2.05) is 0 Å². The number of nitrogens with zero attached hydrogens (tertiary/aromatic N) is 1. The Hall–Kier alpha value is -0.0800. The lowest BCUT2D eigenvalue weighted by Crippen LogP contribution is -2.33. The molecule has 1 fully saturated rings. The molecular weight excluding hydrogens is 148 g/mol. The molecule has 0 aromatic carbocycles. The smallest absolute Gasteiger partial charge is 0.00982 e. The minimum Gasteiger partial charge on any atom is -0.330 e. The third-order valence-electron chi connectivity index (χ3n) is 3.18. The maximum atomic E-state index is 5.66. The summed E-state index contributed by atoms with van der Waals surface area (Å²) >= 11 is 0. The second kappa shape index (κ2) is 4.83. The van der Waals surface area contributed by atoms with E-state index in [-0.39, 0.29) is 0 Å². The Labute approximate surface area is 76.1 Å². The Morgan fingerprint density at radius 3 is 2.33 bits per heavy atom. The standard InChI is InChI=1S/C10H22N2/c1-3-12(4-2)10-6-5-9(7-10)8-11/h9-10H,3-8,11H2,1-2H3. The van der Waals surface area contributed by atoms with E-state index in [9.17, 15) is 0 Å². The molecule has 12 heavy (non-hydrogen) atoms. The molecule has 2 unspecified atom stereocenters. The Bertz CT molecular complexity index is 121. The molecule has 0 aromatic heterocycles. The van der Waals surface area contributed by atoms with Crippen LogP contribution in [0.25, 0.3) is 0 Å². The first-order valence-electron chi connectivity index (χ1n) is 5.25. The van der Waals surface area contributed by atoms with E-state index in [1.54, 1.807) is 0 Å². The highest BCUT2D eigenvalue weighted by Crippen LogP contribution is 2.28. The average molecular weight is 170 g/mol. The van der Waals surface area contributed by atoms with Gasteiger partial charge in [0.1, 0.15) is 0 Å². The van der Waals surface area contributed by atoms with Crippen LogP contribution in [-0.4, -0.2) is 30.6 Å². The molecule has 0 bridgehead atoms. The number of hydrogen-bond acceptors (Lipinski definition) is 2. The lowest BCUT2D eigenvalue weighted by Gasteiger charge is -2.25. The maximum absolute atomic E-state index is 5.66. The van der Waals surface area contributed by atoms with Gasteiger partial charge in [0.2, 0.25) is 0 Å². The Morgan fingerprint density at radius 2 is 1.92 bits per heavy atom. The van der Waals surface area contributed by atoms with Crippen molar-refractivity contribution >= 4 is 0 Å². The van der Waals surface area contributed by atoms with Gasteiger partial charge in [-0.25, -0.2) is 0 Å². The molecule has 0 spiro atoms. The Morgan fingerprint density at radius 1 is 1.25 bits per heavy atom. The highest BCUT2D eigenvalue weighted by molar-refractivity contribution is 4.82. The number of rotatable bonds is 4. The summed E-state index contributed by atoms with van der Waals surface area (Å²) in [7, 11) is 0. The second-order valence-corrected chi connectivity index (χ2v) is 3.79. The van der Waals surface area contributed by atoms with Crippen molar-refractivity contribution in [3.05, 3.63) is 0 Å². The zero-order valence-electron chi connectivity index (χ0n) is 8.42. The van der Waals surface area contributed by atoms with Crippen LogP contribution in [0.15, 0.2) is 0 Å². The number of nitrogens with two attached hydrogens (primary N) is 1. The molecule has 2 N–H and O–H groups in total. The highest BCUT2D eigenvalue weighted by Gasteiger charge is 2.26. The third kappa shape index (κ3) is 2.20. The molecule has 0 aliphatic heterocycles. The van der Waals surface area contributed by atoms with Gasteiger partial charge in [0, 0.05) is 6.04 Å². The largest absolute Gasteiger partial charge is 0.330 e. The summed E-state index contributed by atoms with van der Waals surface area (Å²) in [5.74, 6) is 0.801. The summed E-state index contributed by atoms with van der Waals surface area (Å²) in [5, 5.41) is 0. The fourth-order valence-electron chi connectivity index (χ4n) is 2.33. The van der Waals surface area contributed by atoms with Crippen LogP contribution >= 0.6 is 0 Å². The van der Waals surface area contributed by atoms with E-state index in [1.165, 1.54) is 32.4 Å². The predicted octanol–water partition coefficient (Wildman–Crippen LogP) is 1.46. The zero-order chi connectivity index (χ0) is 8.97. The molecule has 2 nitrogen and oxygen atoms in total. The summed E-state index contributed by atoms with van der Waals surface area (Å²) in [4.78, 5) is 2.57. The third-order valence-corrected chi connectivity index (χ3v) is 3.18. The average Bonchev–Trinajstić information content (AvgIpc) is 2.55. The minimum atomic E-state index is 0.801. The SMILES string of the molecule is CCN(CC)C1CCC(CN)C1. The summed E-state index contributed by atoms with van der Waals surface area (Å²) in [5.41, 5.74) is 5.66. The van der Waals surface area contributed by atoms with Crippen LogP contribution < -0.4 is 5.73 Å². The Balaban J connectivity index is 2.34. The molecule has 0 aromatic rings. The van der Waals surface area contributed by atoms with Crippen molar-refractivity contribution in [3.8, 4) is 0 Å². The summed E-state index contributed by atoms with van der Waals surface area (Å²) < 4.78 is 0. The van der Waals surface area contributed by atoms with Crippen LogP contribution in [0.4, 0.5) is 0 Å². The van der Waals surface area contributed by atoms with Gasteiger partial charge in [0.05, 0.1) is 0 Å². The van der Waals surface area contributed by atoms with Crippen molar-refractivity contribution in [2.45, 2.75) is 39.2 Å². The minimum absolute atomic E-state index is 0.801. The van der Waals surface area contributed by atoms with E-state index < -0.39 is 0 Å². The van der Waals surface area contributed by atoms with Gasteiger partial charge in [-0.15, -0.1) is 0 Å². The van der Waals surface area contributed by atoms with Gasteiger partial charge in [-0.3, -0.25) is 0 Å². The molecule has 1 saturated carbocycles. The first kappa shape index (κ1) is 10.0. The molecule has 2 heteroatoms. The molecule has 0 amide bonds. The van der Waals surface area contributed by atoms with Crippen molar-refractivity contribution in [1.82, 2.24) is 4.90 Å². The quantitative estimate of drug-likeness (QED) is 0.692. The molecule has 0 heterocycles. The van der Waals surface area contributed by atoms with E-state index in [0.717, 1.165) is 18.5 Å². The molecule has 1 aliphatic carbocycles. The van der Waals surface area contributed by atoms with Gasteiger partial charge in [0.25, 0.3) is 0 Å². The van der Waals surface area contributed by atoms with Crippen LogP contribution in [0.2, 0.25) is 0 Å². The Kier molecular flexibility index (Phi) is 4.02. The van der Waals surface area contributed by atoms with Crippen molar-refractivity contribution < 1.29 is 0 Å². The summed E-state index contributed by atoms with van der Waals surface area (Å²) in [6, 6.07) is 0.827. The van der Waals surface area contributed by atoms with Crippen molar-refractivity contribution in [3.63, 3.8) is 0 Å². The first-order valence-corrected chi connectivity index (χ1v) is 5.25. The van der Waals surface area contributed by atoms with Gasteiger partial charge in [-0.05, 0) is 44.8 Å². The van der Waals surface area contributed by atoms with E-state index in [4.69, 9.17) is 5.73 Å². The van der Waals surface area contributed by atoms with Crippen LogP contribution in [0.5, 0.6) is 0 Å². The van der Waals surface area contributed by atoms with Crippen LogP contribution in [-0.2, 0) is 0 Å². The van der Waals surface area contributed by atoms with Crippen molar-refractivity contribution in [1.29, 1.82) is 0 Å². The highest BCUT2D eigenvalue weighted by atomic mass is 15.1. The first-order chi connectivity index (χ1) is 5.81. The zero-order valence-corrected chi connectivity index (χ0v) is 8.42. The molecule has 1 aliphatic rings. The molecule has 0 radical (unpaired) electrons. The topological polar surface area (TPSA) is 29.3 Å². The molecule has 2 atom stereocenters. The van der Waals surface area contributed by atoms with Crippen molar-refractivity contribution in [2.75, 3.05) is 19.6 Å². The van der Waals surface area contributed by atoms with Gasteiger partial charge in [-0.2, -0.15) is 0 Å². The van der Waals surface area contributed by atoms with Crippen LogP contribution in [0.3, 0.4) is 0 Å². The van der Waals surface area contributed by atoms with E-state index in [2.05, 4.69) is 18.7 Å². The van der Waals surface area contributed by atoms with Gasteiger partial charge in [0.15, 0.2) is 0 Å². The van der Waals surface area contributed by atoms with Crippen LogP contribution in [0, 0.1) is 5.92 Å². The molecular formula is C10H22N2.